The van der Waals surface area contributed by atoms with E-state index >= 15 is 0 Å². The van der Waals surface area contributed by atoms with Crippen molar-refractivity contribution in [1.82, 2.24) is 10.2 Å². The number of H-pyrrole nitrogens is 1. The molecule has 0 unspecified atom stereocenters. The van der Waals surface area contributed by atoms with Crippen molar-refractivity contribution in [2.24, 2.45) is 5.73 Å². The lowest BCUT2D eigenvalue weighted by molar-refractivity contribution is 0.0601. The summed E-state index contributed by atoms with van der Waals surface area (Å²) in [5, 5.41) is 11.5. The topological polar surface area (TPSA) is 127 Å². The Morgan fingerprint density at radius 2 is 2.12 bits per heavy atom. The molecular weight excluding hydrogens is 376 g/mol. The molecule has 0 aromatic carbocycles. The molecule has 0 bridgehead atoms. The third-order valence-corrected chi connectivity index (χ3v) is 5.71. The molecular formula is C16H14N4O4S2. The van der Waals surface area contributed by atoms with Gasteiger partial charge in [-0.3, -0.25) is 14.7 Å². The number of hydrogen-bond acceptors (Lipinski definition) is 7. The van der Waals surface area contributed by atoms with E-state index in [4.69, 9.17) is 10.5 Å². The van der Waals surface area contributed by atoms with Crippen molar-refractivity contribution >= 4 is 45.5 Å². The van der Waals surface area contributed by atoms with E-state index < -0.39 is 17.8 Å². The van der Waals surface area contributed by atoms with Gasteiger partial charge in [0.2, 0.25) is 0 Å². The molecule has 0 aliphatic heterocycles. The Morgan fingerprint density at radius 1 is 1.35 bits per heavy atom. The molecule has 0 spiro atoms. The van der Waals surface area contributed by atoms with Gasteiger partial charge in [0.1, 0.15) is 5.00 Å². The number of hydrogen-bond donors (Lipinski definition) is 3. The van der Waals surface area contributed by atoms with Crippen LogP contribution in [0.3, 0.4) is 0 Å². The Kier molecular flexibility index (Phi) is 4.87. The second-order valence-electron chi connectivity index (χ2n) is 5.21. The summed E-state index contributed by atoms with van der Waals surface area (Å²) in [5.41, 5.74) is 6.66. The van der Waals surface area contributed by atoms with Crippen LogP contribution in [0.4, 0.5) is 5.00 Å². The largest absolute Gasteiger partial charge is 0.465 e. The quantitative estimate of drug-likeness (QED) is 0.577. The minimum absolute atomic E-state index is 0.105. The van der Waals surface area contributed by atoms with Gasteiger partial charge in [-0.05, 0) is 30.0 Å². The highest BCUT2D eigenvalue weighted by atomic mass is 32.1. The van der Waals surface area contributed by atoms with E-state index in [0.29, 0.717) is 11.3 Å². The van der Waals surface area contributed by atoms with Crippen molar-refractivity contribution in [3.63, 3.8) is 0 Å². The van der Waals surface area contributed by atoms with Crippen LogP contribution >= 0.6 is 22.7 Å². The van der Waals surface area contributed by atoms with Gasteiger partial charge in [0.05, 0.1) is 28.1 Å². The van der Waals surface area contributed by atoms with Crippen LogP contribution in [-0.4, -0.2) is 35.1 Å². The molecule has 0 atom stereocenters. The molecule has 2 amide bonds. The maximum Gasteiger partial charge on any atom is 0.341 e. The lowest BCUT2D eigenvalue weighted by Crippen LogP contribution is -2.14. The van der Waals surface area contributed by atoms with Crippen molar-refractivity contribution in [2.75, 3.05) is 12.4 Å². The zero-order chi connectivity index (χ0) is 18.8. The van der Waals surface area contributed by atoms with Gasteiger partial charge in [-0.15, -0.1) is 22.7 Å². The third-order valence-electron chi connectivity index (χ3n) is 3.58. The predicted molar refractivity (Wildman–Crippen MR) is 98.8 cm³/mol. The lowest BCUT2D eigenvalue weighted by Gasteiger charge is -2.04. The summed E-state index contributed by atoms with van der Waals surface area (Å²) in [6.07, 6.45) is 0. The first-order chi connectivity index (χ1) is 12.4. The molecule has 3 aromatic rings. The number of nitrogens with one attached hydrogen (secondary N) is 2. The van der Waals surface area contributed by atoms with Crippen LogP contribution in [0.2, 0.25) is 0 Å². The Bertz CT molecular complexity index is 988. The lowest BCUT2D eigenvalue weighted by atomic mass is 10.1. The van der Waals surface area contributed by atoms with Gasteiger partial charge in [-0.1, -0.05) is 6.07 Å². The number of thiophene rings is 2. The van der Waals surface area contributed by atoms with Crippen LogP contribution in [0, 0.1) is 6.92 Å². The van der Waals surface area contributed by atoms with Gasteiger partial charge in [0, 0.05) is 0 Å². The zero-order valence-corrected chi connectivity index (χ0v) is 15.4. The fraction of sp³-hybridized carbons (Fsp3) is 0.125. The highest BCUT2D eigenvalue weighted by Gasteiger charge is 2.26. The first-order valence-corrected chi connectivity index (χ1v) is 9.04. The SMILES string of the molecule is COC(=O)c1c(NC(=O)c2cc(-c3cccs3)[nH]n2)sc(C(N)=O)c1C. The summed E-state index contributed by atoms with van der Waals surface area (Å²) >= 11 is 2.43. The van der Waals surface area contributed by atoms with Crippen LogP contribution < -0.4 is 11.1 Å². The van der Waals surface area contributed by atoms with Crippen LogP contribution in [0.1, 0.15) is 36.1 Å². The number of aromatic amines is 1. The normalized spacial score (nSPS) is 10.5. The maximum atomic E-state index is 12.5. The summed E-state index contributed by atoms with van der Waals surface area (Å²) in [7, 11) is 1.22. The third kappa shape index (κ3) is 3.24. The van der Waals surface area contributed by atoms with E-state index in [2.05, 4.69) is 15.5 Å². The number of rotatable bonds is 5. The van der Waals surface area contributed by atoms with Crippen molar-refractivity contribution in [1.29, 1.82) is 0 Å². The molecule has 8 nitrogen and oxygen atoms in total. The Balaban J connectivity index is 1.91. The fourth-order valence-corrected chi connectivity index (χ4v) is 4.08. The van der Waals surface area contributed by atoms with E-state index in [-0.39, 0.29) is 21.1 Å². The van der Waals surface area contributed by atoms with Gasteiger partial charge in [-0.2, -0.15) is 5.10 Å². The number of primary amides is 1. The number of anilines is 1. The summed E-state index contributed by atoms with van der Waals surface area (Å²) < 4.78 is 4.74. The molecule has 10 heteroatoms. The van der Waals surface area contributed by atoms with Crippen LogP contribution in [0.15, 0.2) is 23.6 Å². The van der Waals surface area contributed by atoms with Gasteiger partial charge in [-0.25, -0.2) is 4.79 Å². The number of nitrogens with two attached hydrogens (primary N) is 1. The minimum Gasteiger partial charge on any atom is -0.465 e. The molecule has 3 aromatic heterocycles. The molecule has 134 valence electrons. The van der Waals surface area contributed by atoms with E-state index in [9.17, 15) is 14.4 Å². The number of amides is 2. The van der Waals surface area contributed by atoms with E-state index in [0.717, 1.165) is 16.2 Å². The molecule has 3 heterocycles. The summed E-state index contributed by atoms with van der Waals surface area (Å²) in [4.78, 5) is 37.2. The first kappa shape index (κ1) is 17.8. The van der Waals surface area contributed by atoms with Crippen molar-refractivity contribution in [3.8, 4) is 10.6 Å². The standard InChI is InChI=1S/C16H14N4O4S2/c1-7-11(16(23)24-2)15(26-12(7)13(17)21)18-14(22)9-6-8(19-20-9)10-4-3-5-25-10/h3-6H,1-2H3,(H2,17,21)(H,18,22)(H,19,20). The minimum atomic E-state index is -0.682. The highest BCUT2D eigenvalue weighted by molar-refractivity contribution is 7.18. The molecule has 0 radical (unpaired) electrons. The number of methoxy groups -OCH3 is 1. The van der Waals surface area contributed by atoms with Crippen LogP contribution in [0.25, 0.3) is 10.6 Å². The Morgan fingerprint density at radius 3 is 2.73 bits per heavy atom. The second-order valence-corrected chi connectivity index (χ2v) is 7.18. The number of carbonyl (C=O) groups excluding carboxylic acids is 3. The summed E-state index contributed by atoms with van der Waals surface area (Å²) in [6.45, 7) is 1.57. The van der Waals surface area contributed by atoms with Gasteiger partial charge in [0.25, 0.3) is 11.8 Å². The molecule has 0 fully saturated rings. The molecule has 26 heavy (non-hydrogen) atoms. The average molecular weight is 390 g/mol. The van der Waals surface area contributed by atoms with Gasteiger partial charge in [0.15, 0.2) is 5.69 Å². The molecule has 4 N–H and O–H groups in total. The van der Waals surface area contributed by atoms with Crippen molar-refractivity contribution < 1.29 is 19.1 Å². The second kappa shape index (κ2) is 7.10. The zero-order valence-electron chi connectivity index (χ0n) is 13.8. The Labute approximate surface area is 156 Å². The average Bonchev–Trinajstić information content (AvgIpc) is 3.33. The number of ether oxygens (including phenoxy) is 1. The van der Waals surface area contributed by atoms with Crippen molar-refractivity contribution in [3.05, 3.63) is 45.3 Å². The maximum absolute atomic E-state index is 12.5. The molecule has 0 saturated carbocycles. The number of esters is 1. The van der Waals surface area contributed by atoms with Crippen LogP contribution in [0.5, 0.6) is 0 Å². The molecule has 3 rings (SSSR count). The summed E-state index contributed by atoms with van der Waals surface area (Å²) in [6, 6.07) is 5.40. The number of carbonyl (C=O) groups is 3. The van der Waals surface area contributed by atoms with Crippen LogP contribution in [-0.2, 0) is 4.74 Å². The molecule has 0 aliphatic rings. The Hall–Kier alpha value is -2.98. The molecule has 0 saturated heterocycles. The van der Waals surface area contributed by atoms with E-state index in [1.807, 2.05) is 17.5 Å². The molecule has 0 aliphatic carbocycles. The monoisotopic (exact) mass is 390 g/mol. The van der Waals surface area contributed by atoms with E-state index in [1.54, 1.807) is 13.0 Å². The summed E-state index contributed by atoms with van der Waals surface area (Å²) in [5.74, 6) is -1.87. The predicted octanol–water partition coefficient (Wildman–Crippen LogP) is 2.65. The fourth-order valence-electron chi connectivity index (χ4n) is 2.35. The van der Waals surface area contributed by atoms with E-state index in [1.165, 1.54) is 18.4 Å². The van der Waals surface area contributed by atoms with Gasteiger partial charge < -0.3 is 15.8 Å². The van der Waals surface area contributed by atoms with Crippen molar-refractivity contribution in [2.45, 2.75) is 6.92 Å². The van der Waals surface area contributed by atoms with Gasteiger partial charge >= 0.3 is 5.97 Å². The smallest absolute Gasteiger partial charge is 0.341 e. The highest BCUT2D eigenvalue weighted by Crippen LogP contribution is 2.34. The first-order valence-electron chi connectivity index (χ1n) is 7.34. The number of nitrogens with zero attached hydrogens (tertiary/aromatic N) is 1. The number of aromatic nitrogens is 2.